The summed E-state index contributed by atoms with van der Waals surface area (Å²) in [6.45, 7) is 2.20. The van der Waals surface area contributed by atoms with Crippen LogP contribution in [0.4, 0.5) is 0 Å². The van der Waals surface area contributed by atoms with Crippen LogP contribution in [-0.2, 0) is 19.1 Å². The van der Waals surface area contributed by atoms with Gasteiger partial charge in [-0.15, -0.1) is 0 Å². The zero-order valence-corrected chi connectivity index (χ0v) is 9.95. The van der Waals surface area contributed by atoms with Crippen LogP contribution in [0.1, 0.15) is 32.6 Å². The fraction of sp³-hybridized carbons (Fsp3) is 0.750. The lowest BCUT2D eigenvalue weighted by Gasteiger charge is -2.33. The van der Waals surface area contributed by atoms with E-state index >= 15 is 0 Å². The van der Waals surface area contributed by atoms with Crippen molar-refractivity contribution < 1.29 is 19.1 Å². The Morgan fingerprint density at radius 2 is 2.29 bits per heavy atom. The van der Waals surface area contributed by atoms with Crippen LogP contribution in [-0.4, -0.2) is 30.8 Å². The van der Waals surface area contributed by atoms with E-state index in [4.69, 9.17) is 4.74 Å². The number of carbonyl (C=O) groups is 3. The number of esters is 1. The van der Waals surface area contributed by atoms with E-state index in [1.807, 2.05) is 0 Å². The second-order valence-corrected chi connectivity index (χ2v) is 4.73. The van der Waals surface area contributed by atoms with Gasteiger partial charge < -0.3 is 10.1 Å². The Labute approximate surface area is 99.9 Å². The predicted octanol–water partition coefficient (Wildman–Crippen LogP) is 0.425. The van der Waals surface area contributed by atoms with Gasteiger partial charge in [0.15, 0.2) is 5.78 Å². The van der Waals surface area contributed by atoms with Gasteiger partial charge in [-0.05, 0) is 26.2 Å². The number of nitrogens with one attached hydrogen (secondary N) is 1. The zero-order valence-electron chi connectivity index (χ0n) is 9.95. The van der Waals surface area contributed by atoms with Crippen molar-refractivity contribution in [3.63, 3.8) is 0 Å². The summed E-state index contributed by atoms with van der Waals surface area (Å²) in [5, 5.41) is 2.58. The molecule has 5 heteroatoms. The Balaban J connectivity index is 2.14. The second kappa shape index (κ2) is 4.47. The summed E-state index contributed by atoms with van der Waals surface area (Å²) in [4.78, 5) is 35.3. The van der Waals surface area contributed by atoms with E-state index in [1.165, 1.54) is 0 Å². The maximum absolute atomic E-state index is 11.9. The Bertz CT molecular complexity index is 348. The van der Waals surface area contributed by atoms with Gasteiger partial charge >= 0.3 is 5.97 Å². The van der Waals surface area contributed by atoms with Crippen LogP contribution >= 0.6 is 0 Å². The van der Waals surface area contributed by atoms with Crippen molar-refractivity contribution >= 4 is 17.7 Å². The standard InChI is InChI=1S/C12H17NO4/c1-2-17-10(15)8-4-3-5-12(6-8)9(14)7-13-11(12)16/h8H,2-7H2,1H3,(H,13,16). The van der Waals surface area contributed by atoms with E-state index in [2.05, 4.69) is 5.32 Å². The smallest absolute Gasteiger partial charge is 0.308 e. The minimum absolute atomic E-state index is 0.0727. The summed E-state index contributed by atoms with van der Waals surface area (Å²) in [5.74, 6) is -0.872. The Morgan fingerprint density at radius 3 is 2.88 bits per heavy atom. The highest BCUT2D eigenvalue weighted by Gasteiger charge is 2.53. The van der Waals surface area contributed by atoms with Gasteiger partial charge in [-0.2, -0.15) is 0 Å². The SMILES string of the molecule is CCOC(=O)C1CCCC2(C1)C(=O)CNC2=O. The first-order chi connectivity index (χ1) is 8.10. The first-order valence-corrected chi connectivity index (χ1v) is 6.08. The number of Topliss-reactive ketones (excluding diaryl/α,β-unsaturated/α-hetero) is 1. The monoisotopic (exact) mass is 239 g/mol. The van der Waals surface area contributed by atoms with E-state index in [-0.39, 0.29) is 30.1 Å². The van der Waals surface area contributed by atoms with Gasteiger partial charge in [0, 0.05) is 0 Å². The lowest BCUT2D eigenvalue weighted by atomic mass is 9.68. The molecule has 2 unspecified atom stereocenters. The third-order valence-corrected chi connectivity index (χ3v) is 3.75. The van der Waals surface area contributed by atoms with Crippen LogP contribution in [0.25, 0.3) is 0 Å². The second-order valence-electron chi connectivity index (χ2n) is 4.73. The van der Waals surface area contributed by atoms with Crippen molar-refractivity contribution in [2.75, 3.05) is 13.2 Å². The van der Waals surface area contributed by atoms with Crippen LogP contribution in [0.15, 0.2) is 0 Å². The molecule has 0 aromatic heterocycles. The molecule has 0 radical (unpaired) electrons. The fourth-order valence-electron chi connectivity index (χ4n) is 2.82. The van der Waals surface area contributed by atoms with Gasteiger partial charge in [-0.1, -0.05) is 6.42 Å². The van der Waals surface area contributed by atoms with E-state index in [9.17, 15) is 14.4 Å². The maximum Gasteiger partial charge on any atom is 0.308 e. The number of amides is 1. The third kappa shape index (κ3) is 1.94. The van der Waals surface area contributed by atoms with Gasteiger partial charge in [-0.25, -0.2) is 0 Å². The molecule has 94 valence electrons. The average molecular weight is 239 g/mol. The highest BCUT2D eigenvalue weighted by Crippen LogP contribution is 2.42. The Morgan fingerprint density at radius 1 is 1.53 bits per heavy atom. The zero-order chi connectivity index (χ0) is 12.5. The molecule has 1 aliphatic heterocycles. The molecule has 1 aliphatic carbocycles. The van der Waals surface area contributed by atoms with Crippen molar-refractivity contribution in [3.05, 3.63) is 0 Å². The van der Waals surface area contributed by atoms with Crippen LogP contribution in [0, 0.1) is 11.3 Å². The largest absolute Gasteiger partial charge is 0.466 e. The van der Waals surface area contributed by atoms with Gasteiger partial charge in [0.05, 0.1) is 19.1 Å². The number of hydrogen-bond donors (Lipinski definition) is 1. The van der Waals surface area contributed by atoms with Gasteiger partial charge in [0.1, 0.15) is 5.41 Å². The van der Waals surface area contributed by atoms with Crippen molar-refractivity contribution in [2.45, 2.75) is 32.6 Å². The van der Waals surface area contributed by atoms with Gasteiger partial charge in [0.25, 0.3) is 0 Å². The molecule has 1 N–H and O–H groups in total. The molecule has 1 saturated carbocycles. The highest BCUT2D eigenvalue weighted by molar-refractivity contribution is 6.13. The van der Waals surface area contributed by atoms with Crippen LogP contribution in [0.3, 0.4) is 0 Å². The number of ketones is 1. The Hall–Kier alpha value is -1.39. The van der Waals surface area contributed by atoms with Crippen LogP contribution in [0.5, 0.6) is 0 Å². The molecule has 2 aliphatic rings. The quantitative estimate of drug-likeness (QED) is 0.560. The molecule has 5 nitrogen and oxygen atoms in total. The van der Waals surface area contributed by atoms with Gasteiger partial charge in [-0.3, -0.25) is 14.4 Å². The highest BCUT2D eigenvalue weighted by atomic mass is 16.5. The molecular weight excluding hydrogens is 222 g/mol. The van der Waals surface area contributed by atoms with Gasteiger partial charge in [0.2, 0.25) is 5.91 Å². The van der Waals surface area contributed by atoms with Crippen molar-refractivity contribution in [3.8, 4) is 0 Å². The normalized spacial score (nSPS) is 32.6. The number of hydrogen-bond acceptors (Lipinski definition) is 4. The topological polar surface area (TPSA) is 72.5 Å². The molecule has 0 aromatic rings. The third-order valence-electron chi connectivity index (χ3n) is 3.75. The molecule has 1 saturated heterocycles. The summed E-state index contributed by atoms with van der Waals surface area (Å²) in [7, 11) is 0. The number of rotatable bonds is 2. The fourth-order valence-corrected chi connectivity index (χ4v) is 2.82. The van der Waals surface area contributed by atoms with E-state index in [1.54, 1.807) is 6.92 Å². The van der Waals surface area contributed by atoms with Crippen molar-refractivity contribution in [1.82, 2.24) is 5.32 Å². The molecule has 1 amide bonds. The molecule has 0 aromatic carbocycles. The lowest BCUT2D eigenvalue weighted by Crippen LogP contribution is -2.42. The molecule has 1 heterocycles. The Kier molecular flexibility index (Phi) is 3.17. The van der Waals surface area contributed by atoms with E-state index < -0.39 is 5.41 Å². The summed E-state index contributed by atoms with van der Waals surface area (Å²) in [6, 6.07) is 0. The summed E-state index contributed by atoms with van der Waals surface area (Å²) in [6.07, 6.45) is 2.31. The number of carbonyl (C=O) groups excluding carboxylic acids is 3. The maximum atomic E-state index is 11.9. The molecule has 2 atom stereocenters. The molecule has 17 heavy (non-hydrogen) atoms. The summed E-state index contributed by atoms with van der Waals surface area (Å²) in [5.41, 5.74) is -0.949. The molecule has 1 spiro atoms. The molecule has 2 fully saturated rings. The van der Waals surface area contributed by atoms with Crippen molar-refractivity contribution in [1.29, 1.82) is 0 Å². The van der Waals surface area contributed by atoms with Crippen LogP contribution in [0.2, 0.25) is 0 Å². The van der Waals surface area contributed by atoms with E-state index in [0.29, 0.717) is 25.9 Å². The predicted molar refractivity (Wildman–Crippen MR) is 59.0 cm³/mol. The van der Waals surface area contributed by atoms with Crippen molar-refractivity contribution in [2.24, 2.45) is 11.3 Å². The van der Waals surface area contributed by atoms with Crippen LogP contribution < -0.4 is 5.32 Å². The molecule has 0 bridgehead atoms. The first-order valence-electron chi connectivity index (χ1n) is 6.08. The lowest BCUT2D eigenvalue weighted by molar-refractivity contribution is -0.152. The summed E-state index contributed by atoms with van der Waals surface area (Å²) >= 11 is 0. The average Bonchev–Trinajstić information content (AvgIpc) is 2.59. The molecular formula is C12H17NO4. The summed E-state index contributed by atoms with van der Waals surface area (Å²) < 4.78 is 4.97. The first kappa shape index (κ1) is 12.1. The number of ether oxygens (including phenoxy) is 1. The minimum atomic E-state index is -0.949. The van der Waals surface area contributed by atoms with E-state index in [0.717, 1.165) is 6.42 Å². The minimum Gasteiger partial charge on any atom is -0.466 e. The molecule has 2 rings (SSSR count).